The van der Waals surface area contributed by atoms with Crippen LogP contribution in [-0.4, -0.2) is 44.7 Å². The maximum absolute atomic E-state index is 12.6. The molecule has 1 aliphatic rings. The summed E-state index contributed by atoms with van der Waals surface area (Å²) in [5.41, 5.74) is 1.93. The van der Waals surface area contributed by atoms with Crippen molar-refractivity contribution in [2.24, 2.45) is 0 Å². The minimum absolute atomic E-state index is 0.217. The molecule has 1 amide bonds. The summed E-state index contributed by atoms with van der Waals surface area (Å²) >= 11 is 0. The van der Waals surface area contributed by atoms with Crippen LogP contribution in [0, 0.1) is 0 Å². The largest absolute Gasteiger partial charge is 0.493 e. The molecule has 0 fully saturated rings. The predicted molar refractivity (Wildman–Crippen MR) is 89.6 cm³/mol. The summed E-state index contributed by atoms with van der Waals surface area (Å²) in [6, 6.07) is 5.29. The molecule has 2 rings (SSSR count). The van der Waals surface area contributed by atoms with Crippen LogP contribution in [0.5, 0.6) is 11.5 Å². The second-order valence-corrected chi connectivity index (χ2v) is 5.17. The van der Waals surface area contributed by atoms with E-state index < -0.39 is 5.97 Å². The van der Waals surface area contributed by atoms with Crippen molar-refractivity contribution in [1.29, 1.82) is 0 Å². The van der Waals surface area contributed by atoms with Gasteiger partial charge in [-0.2, -0.15) is 0 Å². The first-order valence-corrected chi connectivity index (χ1v) is 7.53. The highest BCUT2D eigenvalue weighted by Crippen LogP contribution is 2.33. The van der Waals surface area contributed by atoms with Crippen LogP contribution >= 0.6 is 0 Å². The quantitative estimate of drug-likeness (QED) is 0.612. The minimum atomic E-state index is -0.525. The van der Waals surface area contributed by atoms with Crippen molar-refractivity contribution < 1.29 is 23.8 Å². The molecule has 6 nitrogen and oxygen atoms in total. The van der Waals surface area contributed by atoms with E-state index >= 15 is 0 Å². The van der Waals surface area contributed by atoms with Gasteiger partial charge in [-0.1, -0.05) is 6.07 Å². The lowest BCUT2D eigenvalue weighted by atomic mass is 10.0. The van der Waals surface area contributed by atoms with Crippen LogP contribution in [0.2, 0.25) is 0 Å². The van der Waals surface area contributed by atoms with E-state index in [4.69, 9.17) is 14.2 Å². The molecular weight excluding hydrogens is 310 g/mol. The van der Waals surface area contributed by atoms with Crippen LogP contribution in [-0.2, 0) is 14.3 Å². The van der Waals surface area contributed by atoms with Gasteiger partial charge in [0.05, 0.1) is 32.5 Å². The Labute approximate surface area is 141 Å². The fraction of sp³-hybridized carbons (Fsp3) is 0.333. The van der Waals surface area contributed by atoms with Crippen LogP contribution in [0.1, 0.15) is 19.4 Å². The number of hydrogen-bond acceptors (Lipinski definition) is 5. The Balaban J connectivity index is 2.54. The SMILES string of the molecule is CCN1C(=O)C(=Cc2ccc(OC)c(OC)c2)C(C(=O)OC)=C1C. The van der Waals surface area contributed by atoms with Gasteiger partial charge in [0.2, 0.25) is 0 Å². The molecule has 0 saturated carbocycles. The maximum atomic E-state index is 12.6. The smallest absolute Gasteiger partial charge is 0.340 e. The van der Waals surface area contributed by atoms with Gasteiger partial charge in [0, 0.05) is 12.2 Å². The summed E-state index contributed by atoms with van der Waals surface area (Å²) in [7, 11) is 4.39. The molecule has 1 aromatic carbocycles. The fourth-order valence-electron chi connectivity index (χ4n) is 2.72. The molecule has 0 unspecified atom stereocenters. The average molecular weight is 331 g/mol. The fourth-order valence-corrected chi connectivity index (χ4v) is 2.72. The normalized spacial score (nSPS) is 16.0. The molecule has 0 radical (unpaired) electrons. The Morgan fingerprint density at radius 2 is 1.83 bits per heavy atom. The monoisotopic (exact) mass is 331 g/mol. The third-order valence-corrected chi connectivity index (χ3v) is 3.94. The Morgan fingerprint density at radius 1 is 1.17 bits per heavy atom. The third kappa shape index (κ3) is 2.99. The van der Waals surface area contributed by atoms with Crippen LogP contribution in [0.3, 0.4) is 0 Å². The van der Waals surface area contributed by atoms with Crippen molar-refractivity contribution in [3.8, 4) is 11.5 Å². The molecule has 0 aromatic heterocycles. The van der Waals surface area contributed by atoms with Crippen molar-refractivity contribution >= 4 is 18.0 Å². The van der Waals surface area contributed by atoms with Gasteiger partial charge in [0.15, 0.2) is 11.5 Å². The molecule has 24 heavy (non-hydrogen) atoms. The molecule has 0 saturated heterocycles. The molecule has 1 heterocycles. The molecule has 0 aliphatic carbocycles. The predicted octanol–water partition coefficient (Wildman–Crippen LogP) is 2.40. The molecular formula is C18H21NO5. The summed E-state index contributed by atoms with van der Waals surface area (Å²) < 4.78 is 15.3. The minimum Gasteiger partial charge on any atom is -0.493 e. The first-order chi connectivity index (χ1) is 11.5. The molecule has 0 atom stereocenters. The van der Waals surface area contributed by atoms with Crippen molar-refractivity contribution in [2.45, 2.75) is 13.8 Å². The summed E-state index contributed by atoms with van der Waals surface area (Å²) in [4.78, 5) is 26.3. The standard InChI is InChI=1S/C18H21NO5/c1-6-19-11(2)16(18(21)24-5)13(17(19)20)9-12-7-8-14(22-3)15(10-12)23-4/h7-10H,6H2,1-5H3. The Hall–Kier alpha value is -2.76. The number of nitrogens with zero attached hydrogens (tertiary/aromatic N) is 1. The Kier molecular flexibility index (Phi) is 5.28. The van der Waals surface area contributed by atoms with E-state index in [9.17, 15) is 9.59 Å². The van der Waals surface area contributed by atoms with Gasteiger partial charge in [-0.3, -0.25) is 4.79 Å². The number of likely N-dealkylation sites (N-methyl/N-ethyl adjacent to an activating group) is 1. The zero-order valence-electron chi connectivity index (χ0n) is 14.5. The molecule has 1 aliphatic heterocycles. The molecule has 128 valence electrons. The summed E-state index contributed by atoms with van der Waals surface area (Å²) in [5, 5.41) is 0. The van der Waals surface area contributed by atoms with Gasteiger partial charge < -0.3 is 19.1 Å². The van der Waals surface area contributed by atoms with Gasteiger partial charge >= 0.3 is 5.97 Å². The second kappa shape index (κ2) is 7.21. The second-order valence-electron chi connectivity index (χ2n) is 5.17. The molecule has 0 spiro atoms. The first-order valence-electron chi connectivity index (χ1n) is 7.53. The molecule has 6 heteroatoms. The number of carbonyl (C=O) groups is 2. The van der Waals surface area contributed by atoms with Crippen molar-refractivity contribution in [1.82, 2.24) is 4.90 Å². The zero-order valence-corrected chi connectivity index (χ0v) is 14.5. The Bertz CT molecular complexity index is 733. The molecule has 0 N–H and O–H groups in total. The van der Waals surface area contributed by atoms with E-state index in [-0.39, 0.29) is 5.91 Å². The number of methoxy groups -OCH3 is 3. The lowest BCUT2D eigenvalue weighted by Crippen LogP contribution is -2.24. The van der Waals surface area contributed by atoms with E-state index in [1.54, 1.807) is 43.2 Å². The van der Waals surface area contributed by atoms with Crippen molar-refractivity contribution in [3.05, 3.63) is 40.6 Å². The highest BCUT2D eigenvalue weighted by atomic mass is 16.5. The highest BCUT2D eigenvalue weighted by Gasteiger charge is 2.36. The molecule has 0 bridgehead atoms. The number of rotatable bonds is 5. The van der Waals surface area contributed by atoms with Crippen molar-refractivity contribution in [2.75, 3.05) is 27.9 Å². The van der Waals surface area contributed by atoms with Gasteiger partial charge in [-0.15, -0.1) is 0 Å². The Morgan fingerprint density at radius 3 is 2.38 bits per heavy atom. The molecule has 1 aromatic rings. The van der Waals surface area contributed by atoms with Crippen molar-refractivity contribution in [3.63, 3.8) is 0 Å². The van der Waals surface area contributed by atoms with E-state index in [2.05, 4.69) is 0 Å². The van der Waals surface area contributed by atoms with Crippen LogP contribution in [0.25, 0.3) is 6.08 Å². The lowest BCUT2D eigenvalue weighted by Gasteiger charge is -2.14. The number of allylic oxidation sites excluding steroid dienone is 1. The topological polar surface area (TPSA) is 65.1 Å². The number of esters is 1. The van der Waals surface area contributed by atoms with E-state index in [0.717, 1.165) is 5.56 Å². The summed E-state index contributed by atoms with van der Waals surface area (Å²) in [6.07, 6.45) is 1.66. The van der Waals surface area contributed by atoms with E-state index in [0.29, 0.717) is 34.9 Å². The summed E-state index contributed by atoms with van der Waals surface area (Å²) in [6.45, 7) is 4.08. The number of benzene rings is 1. The number of hydrogen-bond donors (Lipinski definition) is 0. The van der Waals surface area contributed by atoms with Gasteiger partial charge in [-0.25, -0.2) is 4.79 Å². The number of amides is 1. The van der Waals surface area contributed by atoms with E-state index in [1.807, 2.05) is 6.92 Å². The van der Waals surface area contributed by atoms with Gasteiger partial charge in [-0.05, 0) is 37.6 Å². The van der Waals surface area contributed by atoms with Gasteiger partial charge in [0.25, 0.3) is 5.91 Å². The zero-order chi connectivity index (χ0) is 17.9. The first kappa shape index (κ1) is 17.6. The number of ether oxygens (including phenoxy) is 3. The summed E-state index contributed by atoms with van der Waals surface area (Å²) in [5.74, 6) is 0.395. The lowest BCUT2D eigenvalue weighted by molar-refractivity contribution is -0.136. The van der Waals surface area contributed by atoms with Crippen LogP contribution in [0.4, 0.5) is 0 Å². The highest BCUT2D eigenvalue weighted by molar-refractivity contribution is 6.16. The maximum Gasteiger partial charge on any atom is 0.340 e. The van der Waals surface area contributed by atoms with E-state index in [1.165, 1.54) is 14.2 Å². The third-order valence-electron chi connectivity index (χ3n) is 3.94. The average Bonchev–Trinajstić information content (AvgIpc) is 2.83. The van der Waals surface area contributed by atoms with Gasteiger partial charge in [0.1, 0.15) is 0 Å². The number of carbonyl (C=O) groups excluding carboxylic acids is 2. The van der Waals surface area contributed by atoms with Crippen LogP contribution in [0.15, 0.2) is 35.0 Å². The van der Waals surface area contributed by atoms with Crippen LogP contribution < -0.4 is 9.47 Å².